The Morgan fingerprint density at radius 2 is 2.18 bits per heavy atom. The lowest BCUT2D eigenvalue weighted by molar-refractivity contribution is 0.0690. The molecular formula is C11H10N2O3S. The molecule has 0 spiro atoms. The minimum Gasteiger partial charge on any atom is -0.507 e. The zero-order valence-corrected chi connectivity index (χ0v) is 9.78. The van der Waals surface area contributed by atoms with Crippen LogP contribution in [0.5, 0.6) is 5.75 Å². The first kappa shape index (κ1) is 11.5. The molecule has 0 bridgehead atoms. The molecule has 0 aliphatic carbocycles. The van der Waals surface area contributed by atoms with Crippen molar-refractivity contribution in [2.24, 2.45) is 0 Å². The fourth-order valence-electron chi connectivity index (χ4n) is 1.43. The van der Waals surface area contributed by atoms with Crippen molar-refractivity contribution in [3.05, 3.63) is 30.0 Å². The first-order valence-corrected chi connectivity index (χ1v) is 6.00. The van der Waals surface area contributed by atoms with Crippen LogP contribution >= 0.6 is 11.8 Å². The Hall–Kier alpha value is -1.95. The normalized spacial score (nSPS) is 10.4. The van der Waals surface area contributed by atoms with E-state index in [1.165, 1.54) is 17.8 Å². The number of aromatic amines is 1. The third-order valence-corrected chi connectivity index (χ3v) is 3.07. The predicted octanol–water partition coefficient (Wildman–Crippen LogP) is 2.20. The molecule has 1 aromatic carbocycles. The number of aromatic carboxylic acids is 1. The Kier molecular flexibility index (Phi) is 3.06. The third-order valence-electron chi connectivity index (χ3n) is 2.28. The van der Waals surface area contributed by atoms with Crippen LogP contribution in [0.1, 0.15) is 10.5 Å². The summed E-state index contributed by atoms with van der Waals surface area (Å²) in [4.78, 5) is 11.5. The van der Waals surface area contributed by atoms with Crippen LogP contribution in [0.2, 0.25) is 0 Å². The fraction of sp³-hybridized carbons (Fsp3) is 0.0909. The summed E-state index contributed by atoms with van der Waals surface area (Å²) in [5, 5.41) is 24.7. The van der Waals surface area contributed by atoms with Gasteiger partial charge in [0, 0.05) is 10.5 Å². The van der Waals surface area contributed by atoms with E-state index in [1.54, 1.807) is 18.2 Å². The number of H-pyrrole nitrogens is 1. The Labute approximate surface area is 101 Å². The second-order valence-electron chi connectivity index (χ2n) is 3.36. The van der Waals surface area contributed by atoms with Crippen molar-refractivity contribution in [1.82, 2.24) is 10.2 Å². The highest BCUT2D eigenvalue weighted by atomic mass is 32.2. The van der Waals surface area contributed by atoms with Gasteiger partial charge in [-0.2, -0.15) is 5.10 Å². The molecule has 2 aromatic rings. The molecule has 88 valence electrons. The lowest BCUT2D eigenvalue weighted by Crippen LogP contribution is -1.95. The maximum atomic E-state index is 10.7. The first-order chi connectivity index (χ1) is 8.11. The van der Waals surface area contributed by atoms with E-state index in [9.17, 15) is 9.90 Å². The molecule has 0 saturated heterocycles. The van der Waals surface area contributed by atoms with Gasteiger partial charge in [0.2, 0.25) is 0 Å². The number of carbonyl (C=O) groups is 1. The van der Waals surface area contributed by atoms with Gasteiger partial charge in [-0.1, -0.05) is 6.07 Å². The van der Waals surface area contributed by atoms with Crippen LogP contribution in [-0.2, 0) is 0 Å². The smallest absolute Gasteiger partial charge is 0.353 e. The molecule has 0 fully saturated rings. The highest BCUT2D eigenvalue weighted by Crippen LogP contribution is 2.30. The van der Waals surface area contributed by atoms with E-state index in [2.05, 4.69) is 10.2 Å². The maximum Gasteiger partial charge on any atom is 0.353 e. The van der Waals surface area contributed by atoms with E-state index < -0.39 is 5.97 Å². The van der Waals surface area contributed by atoms with Crippen molar-refractivity contribution < 1.29 is 15.0 Å². The largest absolute Gasteiger partial charge is 0.507 e. The number of benzene rings is 1. The summed E-state index contributed by atoms with van der Waals surface area (Å²) in [5.41, 5.74) is 1.18. The molecule has 2 rings (SSSR count). The van der Waals surface area contributed by atoms with Gasteiger partial charge in [0.15, 0.2) is 0 Å². The van der Waals surface area contributed by atoms with E-state index in [0.29, 0.717) is 11.3 Å². The standard InChI is InChI=1S/C11H10N2O3S/c1-17-10-3-2-6(4-9(10)14)7-5-8(11(15)16)13-12-7/h2-5,14H,1H3,(H,12,13)(H,15,16). The van der Waals surface area contributed by atoms with Crippen molar-refractivity contribution in [2.45, 2.75) is 4.90 Å². The number of thioether (sulfide) groups is 1. The van der Waals surface area contributed by atoms with Crippen molar-refractivity contribution in [3.8, 4) is 17.0 Å². The molecule has 3 N–H and O–H groups in total. The number of carboxylic acids is 1. The minimum absolute atomic E-state index is 0.0217. The Morgan fingerprint density at radius 3 is 2.71 bits per heavy atom. The molecule has 5 nitrogen and oxygen atoms in total. The van der Waals surface area contributed by atoms with Crippen molar-refractivity contribution in [3.63, 3.8) is 0 Å². The lowest BCUT2D eigenvalue weighted by Gasteiger charge is -2.02. The Bertz CT molecular complexity index is 566. The average Bonchev–Trinajstić information content (AvgIpc) is 2.78. The number of aromatic hydroxyl groups is 1. The predicted molar refractivity (Wildman–Crippen MR) is 64.4 cm³/mol. The van der Waals surface area contributed by atoms with Crippen molar-refractivity contribution >= 4 is 17.7 Å². The fourth-order valence-corrected chi connectivity index (χ4v) is 1.90. The van der Waals surface area contributed by atoms with Crippen LogP contribution in [0.15, 0.2) is 29.2 Å². The summed E-state index contributed by atoms with van der Waals surface area (Å²) in [6.07, 6.45) is 1.87. The molecule has 6 heteroatoms. The number of hydrogen-bond acceptors (Lipinski definition) is 4. The van der Waals surface area contributed by atoms with Gasteiger partial charge in [-0.3, -0.25) is 5.10 Å². The van der Waals surface area contributed by atoms with E-state index in [0.717, 1.165) is 4.90 Å². The van der Waals surface area contributed by atoms with Crippen LogP contribution in [0.3, 0.4) is 0 Å². The van der Waals surface area contributed by atoms with Crippen LogP contribution in [0, 0.1) is 0 Å². The molecule has 0 saturated carbocycles. The lowest BCUT2D eigenvalue weighted by atomic mass is 10.1. The molecule has 0 radical (unpaired) electrons. The SMILES string of the molecule is CSc1ccc(-c2cc(C(=O)O)[nH]n2)cc1O. The quantitative estimate of drug-likeness (QED) is 0.727. The molecule has 0 aliphatic rings. The van der Waals surface area contributed by atoms with Gasteiger partial charge in [-0.15, -0.1) is 11.8 Å². The average molecular weight is 250 g/mol. The van der Waals surface area contributed by atoms with E-state index in [4.69, 9.17) is 5.11 Å². The summed E-state index contributed by atoms with van der Waals surface area (Å²) >= 11 is 1.44. The third kappa shape index (κ3) is 2.26. The van der Waals surface area contributed by atoms with Crippen LogP contribution in [-0.4, -0.2) is 32.6 Å². The van der Waals surface area contributed by atoms with Crippen molar-refractivity contribution in [2.75, 3.05) is 6.26 Å². The van der Waals surface area contributed by atoms with E-state index >= 15 is 0 Å². The summed E-state index contributed by atoms with van der Waals surface area (Å²) in [6.45, 7) is 0. The molecule has 0 atom stereocenters. The van der Waals surface area contributed by atoms with Crippen molar-refractivity contribution in [1.29, 1.82) is 0 Å². The van der Waals surface area contributed by atoms with Gasteiger partial charge < -0.3 is 10.2 Å². The Balaban J connectivity index is 2.39. The van der Waals surface area contributed by atoms with Gasteiger partial charge in [0.05, 0.1) is 5.69 Å². The summed E-state index contributed by atoms with van der Waals surface area (Å²) in [7, 11) is 0. The van der Waals surface area contributed by atoms with Crippen LogP contribution < -0.4 is 0 Å². The number of phenolic OH excluding ortho intramolecular Hbond substituents is 1. The zero-order chi connectivity index (χ0) is 12.4. The molecular weight excluding hydrogens is 240 g/mol. The van der Waals surface area contributed by atoms with Crippen LogP contribution in [0.25, 0.3) is 11.3 Å². The molecule has 1 heterocycles. The molecule has 0 unspecified atom stereocenters. The topological polar surface area (TPSA) is 86.2 Å². The molecule has 1 aromatic heterocycles. The van der Waals surface area contributed by atoms with Crippen LogP contribution in [0.4, 0.5) is 0 Å². The van der Waals surface area contributed by atoms with E-state index in [1.807, 2.05) is 6.26 Å². The van der Waals surface area contributed by atoms with Gasteiger partial charge in [-0.25, -0.2) is 4.79 Å². The summed E-state index contributed by atoms with van der Waals surface area (Å²) in [5.74, 6) is -0.899. The van der Waals surface area contributed by atoms with E-state index in [-0.39, 0.29) is 11.4 Å². The van der Waals surface area contributed by atoms with Gasteiger partial charge >= 0.3 is 5.97 Å². The number of nitrogens with zero attached hydrogens (tertiary/aromatic N) is 1. The zero-order valence-electron chi connectivity index (χ0n) is 8.97. The maximum absolute atomic E-state index is 10.7. The molecule has 0 amide bonds. The number of hydrogen-bond donors (Lipinski definition) is 3. The Morgan fingerprint density at radius 1 is 1.41 bits per heavy atom. The molecule has 17 heavy (non-hydrogen) atoms. The second-order valence-corrected chi connectivity index (χ2v) is 4.21. The number of nitrogens with one attached hydrogen (secondary N) is 1. The van der Waals surface area contributed by atoms with Gasteiger partial charge in [0.1, 0.15) is 11.4 Å². The first-order valence-electron chi connectivity index (χ1n) is 4.78. The minimum atomic E-state index is -1.06. The summed E-state index contributed by atoms with van der Waals surface area (Å²) in [6, 6.07) is 6.54. The van der Waals surface area contributed by atoms with Gasteiger partial charge in [-0.05, 0) is 24.5 Å². The molecule has 0 aliphatic heterocycles. The number of phenols is 1. The number of aromatic nitrogens is 2. The number of rotatable bonds is 3. The highest BCUT2D eigenvalue weighted by Gasteiger charge is 2.10. The monoisotopic (exact) mass is 250 g/mol. The highest BCUT2D eigenvalue weighted by molar-refractivity contribution is 7.98. The number of carboxylic acid groups (broad SMARTS) is 1. The second kappa shape index (κ2) is 4.50. The summed E-state index contributed by atoms with van der Waals surface area (Å²) < 4.78 is 0. The van der Waals surface area contributed by atoms with Gasteiger partial charge in [0.25, 0.3) is 0 Å².